The van der Waals surface area contributed by atoms with E-state index >= 15 is 0 Å². The van der Waals surface area contributed by atoms with E-state index in [2.05, 4.69) is 31.1 Å². The van der Waals surface area contributed by atoms with Crippen LogP contribution in [0, 0.1) is 11.8 Å². The van der Waals surface area contributed by atoms with E-state index in [9.17, 15) is 4.79 Å². The summed E-state index contributed by atoms with van der Waals surface area (Å²) in [5, 5.41) is 3.30. The molecule has 1 aliphatic heterocycles. The van der Waals surface area contributed by atoms with Crippen molar-refractivity contribution in [1.29, 1.82) is 0 Å². The Morgan fingerprint density at radius 3 is 2.75 bits per heavy atom. The normalized spacial score (nSPS) is 22.6. The maximum atomic E-state index is 12.7. The molecule has 2 heterocycles. The molecule has 1 aromatic rings. The molecular formula is C16H25N3O. The number of amides is 1. The number of aromatic nitrogens is 1. The molecule has 0 spiro atoms. The van der Waals surface area contributed by atoms with Gasteiger partial charge in [0.1, 0.15) is 0 Å². The number of pyridine rings is 1. The molecule has 0 aromatic carbocycles. The third-order valence-corrected chi connectivity index (χ3v) is 3.77. The van der Waals surface area contributed by atoms with Crippen LogP contribution >= 0.6 is 0 Å². The predicted octanol–water partition coefficient (Wildman–Crippen LogP) is 3.02. The van der Waals surface area contributed by atoms with E-state index < -0.39 is 0 Å². The molecule has 4 nitrogen and oxygen atoms in total. The highest BCUT2D eigenvalue weighted by molar-refractivity contribution is 5.99. The Hall–Kier alpha value is -1.58. The van der Waals surface area contributed by atoms with Crippen LogP contribution in [0.1, 0.15) is 44.0 Å². The van der Waals surface area contributed by atoms with Gasteiger partial charge in [-0.3, -0.25) is 9.78 Å². The number of piperidine rings is 1. The first-order valence-electron chi connectivity index (χ1n) is 7.59. The van der Waals surface area contributed by atoms with Crippen LogP contribution in [0.3, 0.4) is 0 Å². The van der Waals surface area contributed by atoms with Gasteiger partial charge < -0.3 is 10.2 Å². The fourth-order valence-corrected chi connectivity index (χ4v) is 2.98. The molecule has 0 bridgehead atoms. The first-order chi connectivity index (χ1) is 9.61. The van der Waals surface area contributed by atoms with Crippen molar-refractivity contribution in [3.8, 4) is 0 Å². The van der Waals surface area contributed by atoms with Crippen LogP contribution in [0.2, 0.25) is 0 Å². The second kappa shape index (κ2) is 6.73. The molecule has 2 rings (SSSR count). The summed E-state index contributed by atoms with van der Waals surface area (Å²) < 4.78 is 0. The number of nitrogens with zero attached hydrogens (tertiary/aromatic N) is 2. The minimum absolute atomic E-state index is 0.129. The van der Waals surface area contributed by atoms with Crippen LogP contribution in [-0.2, 0) is 0 Å². The molecule has 2 unspecified atom stereocenters. The van der Waals surface area contributed by atoms with Gasteiger partial charge in [-0.25, -0.2) is 0 Å². The van der Waals surface area contributed by atoms with Gasteiger partial charge in [-0.15, -0.1) is 0 Å². The zero-order chi connectivity index (χ0) is 14.5. The largest absolute Gasteiger partial charge is 0.383 e. The van der Waals surface area contributed by atoms with Gasteiger partial charge in [0.05, 0.1) is 17.4 Å². The number of likely N-dealkylation sites (tertiary alicyclic amines) is 1. The minimum atomic E-state index is 0.129. The van der Waals surface area contributed by atoms with Gasteiger partial charge in [0, 0.05) is 25.8 Å². The highest BCUT2D eigenvalue weighted by atomic mass is 16.2. The molecule has 2 atom stereocenters. The smallest absolute Gasteiger partial charge is 0.256 e. The van der Waals surface area contributed by atoms with Crippen molar-refractivity contribution in [2.45, 2.75) is 33.6 Å². The van der Waals surface area contributed by atoms with Crippen LogP contribution in [0.25, 0.3) is 0 Å². The van der Waals surface area contributed by atoms with Crippen molar-refractivity contribution < 1.29 is 4.79 Å². The quantitative estimate of drug-likeness (QED) is 0.918. The summed E-state index contributed by atoms with van der Waals surface area (Å²) in [5.41, 5.74) is 1.60. The Morgan fingerprint density at radius 1 is 1.40 bits per heavy atom. The van der Waals surface area contributed by atoms with Crippen LogP contribution < -0.4 is 5.32 Å². The number of hydrogen-bond acceptors (Lipinski definition) is 3. The van der Waals surface area contributed by atoms with Crippen LogP contribution in [0.4, 0.5) is 5.69 Å². The molecule has 0 radical (unpaired) electrons. The highest BCUT2D eigenvalue weighted by Gasteiger charge is 2.27. The van der Waals surface area contributed by atoms with Gasteiger partial charge in [-0.1, -0.05) is 20.8 Å². The van der Waals surface area contributed by atoms with Crippen molar-refractivity contribution in [3.63, 3.8) is 0 Å². The summed E-state index contributed by atoms with van der Waals surface area (Å²) in [6.07, 6.45) is 5.68. The number of rotatable bonds is 4. The number of anilines is 1. The van der Waals surface area contributed by atoms with E-state index in [1.165, 1.54) is 6.42 Å². The summed E-state index contributed by atoms with van der Waals surface area (Å²) >= 11 is 0. The fourth-order valence-electron chi connectivity index (χ4n) is 2.98. The Morgan fingerprint density at radius 2 is 2.10 bits per heavy atom. The lowest BCUT2D eigenvalue weighted by Gasteiger charge is -2.35. The van der Waals surface area contributed by atoms with E-state index in [1.54, 1.807) is 12.4 Å². The summed E-state index contributed by atoms with van der Waals surface area (Å²) in [7, 11) is 0. The summed E-state index contributed by atoms with van der Waals surface area (Å²) in [6.45, 7) is 9.13. The van der Waals surface area contributed by atoms with Gasteiger partial charge in [0.25, 0.3) is 5.91 Å². The topological polar surface area (TPSA) is 45.2 Å². The van der Waals surface area contributed by atoms with Crippen LogP contribution in [0.15, 0.2) is 18.5 Å². The number of hydrogen-bond donors (Lipinski definition) is 1. The maximum Gasteiger partial charge on any atom is 0.256 e. The molecule has 110 valence electrons. The molecule has 1 saturated heterocycles. The molecule has 20 heavy (non-hydrogen) atoms. The number of carbonyl (C=O) groups is 1. The molecule has 0 aliphatic carbocycles. The van der Waals surface area contributed by atoms with E-state index in [-0.39, 0.29) is 5.91 Å². The second-order valence-electron chi connectivity index (χ2n) is 6.00. The van der Waals surface area contributed by atoms with Crippen molar-refractivity contribution in [2.75, 3.05) is 25.0 Å². The average Bonchev–Trinajstić information content (AvgIpc) is 2.43. The zero-order valence-electron chi connectivity index (χ0n) is 12.7. The van der Waals surface area contributed by atoms with Gasteiger partial charge >= 0.3 is 0 Å². The molecule has 4 heteroatoms. The van der Waals surface area contributed by atoms with Crippen molar-refractivity contribution in [1.82, 2.24) is 9.88 Å². The number of nitrogens with one attached hydrogen (secondary N) is 1. The Labute approximate surface area is 121 Å². The second-order valence-corrected chi connectivity index (χ2v) is 6.00. The lowest BCUT2D eigenvalue weighted by molar-refractivity contribution is 0.0624. The van der Waals surface area contributed by atoms with E-state index in [1.807, 2.05) is 11.0 Å². The molecule has 1 aliphatic rings. The zero-order valence-corrected chi connectivity index (χ0v) is 12.7. The third-order valence-electron chi connectivity index (χ3n) is 3.77. The van der Waals surface area contributed by atoms with Crippen LogP contribution in [0.5, 0.6) is 0 Å². The first-order valence-corrected chi connectivity index (χ1v) is 7.59. The van der Waals surface area contributed by atoms with Gasteiger partial charge in [0.2, 0.25) is 0 Å². The Kier molecular flexibility index (Phi) is 4.99. The van der Waals surface area contributed by atoms with E-state index in [4.69, 9.17) is 0 Å². The third kappa shape index (κ3) is 3.50. The highest BCUT2D eigenvalue weighted by Crippen LogP contribution is 2.24. The van der Waals surface area contributed by atoms with E-state index in [0.717, 1.165) is 37.3 Å². The average molecular weight is 275 g/mol. The Balaban J connectivity index is 2.15. The monoisotopic (exact) mass is 275 g/mol. The molecule has 1 aromatic heterocycles. The first kappa shape index (κ1) is 14.8. The van der Waals surface area contributed by atoms with Gasteiger partial charge in [0.15, 0.2) is 0 Å². The molecular weight excluding hydrogens is 250 g/mol. The maximum absolute atomic E-state index is 12.7. The SMILES string of the molecule is CCCNc1cnccc1C(=O)N1CC(C)CC(C)C1. The molecule has 1 fully saturated rings. The van der Waals surface area contributed by atoms with E-state index in [0.29, 0.717) is 11.8 Å². The minimum Gasteiger partial charge on any atom is -0.383 e. The van der Waals surface area contributed by atoms with Gasteiger partial charge in [-0.05, 0) is 30.7 Å². The lowest BCUT2D eigenvalue weighted by atomic mass is 9.91. The molecule has 1 N–H and O–H groups in total. The fraction of sp³-hybridized carbons (Fsp3) is 0.625. The summed E-state index contributed by atoms with van der Waals surface area (Å²) in [4.78, 5) is 18.8. The standard InChI is InChI=1S/C16H25N3O/c1-4-6-18-15-9-17-7-5-14(15)16(20)19-10-12(2)8-13(3)11-19/h5,7,9,12-13,18H,4,6,8,10-11H2,1-3H3. The van der Waals surface area contributed by atoms with Gasteiger partial charge in [-0.2, -0.15) is 0 Å². The number of carbonyl (C=O) groups excluding carboxylic acids is 1. The van der Waals surface area contributed by atoms with Crippen molar-refractivity contribution >= 4 is 11.6 Å². The van der Waals surface area contributed by atoms with Crippen LogP contribution in [-0.4, -0.2) is 35.4 Å². The Bertz CT molecular complexity index is 451. The summed E-state index contributed by atoms with van der Waals surface area (Å²) in [6, 6.07) is 1.82. The summed E-state index contributed by atoms with van der Waals surface area (Å²) in [5.74, 6) is 1.29. The molecule has 0 saturated carbocycles. The van der Waals surface area contributed by atoms with Crippen molar-refractivity contribution in [3.05, 3.63) is 24.0 Å². The van der Waals surface area contributed by atoms with Crippen molar-refractivity contribution in [2.24, 2.45) is 11.8 Å². The molecule has 1 amide bonds. The lowest BCUT2D eigenvalue weighted by Crippen LogP contribution is -2.42. The predicted molar refractivity (Wildman–Crippen MR) is 81.9 cm³/mol.